The quantitative estimate of drug-likeness (QED) is 0.490. The van der Waals surface area contributed by atoms with Gasteiger partial charge in [0.15, 0.2) is 5.82 Å². The van der Waals surface area contributed by atoms with Crippen LogP contribution >= 0.6 is 23.2 Å². The van der Waals surface area contributed by atoms with Crippen LogP contribution in [0.5, 0.6) is 0 Å². The smallest absolute Gasteiger partial charge is 0.159 e. The fourth-order valence-electron chi connectivity index (χ4n) is 3.64. The number of aryl methyl sites for hydroxylation is 1. The number of aromatic nitrogens is 2. The molecule has 0 N–H and O–H groups in total. The van der Waals surface area contributed by atoms with Gasteiger partial charge in [0, 0.05) is 18.0 Å². The molecule has 1 aliphatic carbocycles. The molecule has 1 saturated carbocycles. The average Bonchev–Trinajstić information content (AvgIpc) is 2.68. The van der Waals surface area contributed by atoms with Gasteiger partial charge in [-0.05, 0) is 80.5 Å². The van der Waals surface area contributed by atoms with Gasteiger partial charge in [-0.15, -0.1) is 0 Å². The third-order valence-electron chi connectivity index (χ3n) is 5.26. The molecule has 1 aliphatic rings. The first-order chi connectivity index (χ1) is 12.7. The maximum absolute atomic E-state index is 6.08. The average molecular weight is 389 g/mol. The van der Waals surface area contributed by atoms with E-state index in [0.717, 1.165) is 30.2 Å². The summed E-state index contributed by atoms with van der Waals surface area (Å²) in [5, 5.41) is 1.08. The lowest BCUT2D eigenvalue weighted by Gasteiger charge is -2.26. The zero-order valence-corrected chi connectivity index (χ0v) is 16.8. The fourth-order valence-corrected chi connectivity index (χ4v) is 3.93. The van der Waals surface area contributed by atoms with E-state index in [-0.39, 0.29) is 0 Å². The second-order valence-corrected chi connectivity index (χ2v) is 8.01. The zero-order valence-electron chi connectivity index (χ0n) is 15.3. The van der Waals surface area contributed by atoms with Crippen molar-refractivity contribution in [3.05, 3.63) is 58.4 Å². The Morgan fingerprint density at radius 2 is 1.77 bits per heavy atom. The summed E-state index contributed by atoms with van der Waals surface area (Å²) < 4.78 is 0. The van der Waals surface area contributed by atoms with Crippen molar-refractivity contribution in [1.82, 2.24) is 9.97 Å². The van der Waals surface area contributed by atoms with Crippen molar-refractivity contribution in [3.63, 3.8) is 0 Å². The minimum absolute atomic E-state index is 0.529. The second-order valence-electron chi connectivity index (χ2n) is 7.20. The minimum atomic E-state index is 0.529. The van der Waals surface area contributed by atoms with Gasteiger partial charge in [0.2, 0.25) is 0 Å². The van der Waals surface area contributed by atoms with Crippen LogP contribution in [0.2, 0.25) is 10.0 Å². The van der Waals surface area contributed by atoms with Crippen LogP contribution in [0.4, 0.5) is 0 Å². The normalized spacial score (nSPS) is 20.6. The van der Waals surface area contributed by atoms with Crippen LogP contribution in [0.15, 0.2) is 42.7 Å². The number of rotatable bonds is 6. The highest BCUT2D eigenvalue weighted by atomic mass is 35.5. The third kappa shape index (κ3) is 5.31. The fraction of sp³-hybridized carbons (Fsp3) is 0.455. The molecule has 0 aliphatic heterocycles. The predicted octanol–water partition coefficient (Wildman–Crippen LogP) is 7.16. The summed E-state index contributed by atoms with van der Waals surface area (Å²) in [5.41, 5.74) is 2.10. The predicted molar refractivity (Wildman–Crippen MR) is 111 cm³/mol. The molecule has 0 bridgehead atoms. The molecule has 1 aromatic carbocycles. The first-order valence-electron chi connectivity index (χ1n) is 9.58. The third-order valence-corrected chi connectivity index (χ3v) is 6.00. The number of allylic oxidation sites excluding steroid dienone is 2. The van der Waals surface area contributed by atoms with Crippen LogP contribution in [0, 0.1) is 11.8 Å². The van der Waals surface area contributed by atoms with Crippen LogP contribution in [-0.4, -0.2) is 9.97 Å². The lowest BCUT2D eigenvalue weighted by atomic mass is 9.79. The molecule has 0 atom stereocenters. The lowest BCUT2D eigenvalue weighted by Crippen LogP contribution is -2.13. The Balaban J connectivity index is 1.50. The molecular formula is C22H26Cl2N2. The maximum Gasteiger partial charge on any atom is 0.159 e. The van der Waals surface area contributed by atoms with Gasteiger partial charge in [0.1, 0.15) is 0 Å². The van der Waals surface area contributed by atoms with Crippen molar-refractivity contribution in [3.8, 4) is 11.4 Å². The monoisotopic (exact) mass is 388 g/mol. The van der Waals surface area contributed by atoms with Crippen molar-refractivity contribution >= 4 is 23.2 Å². The molecule has 1 heterocycles. The van der Waals surface area contributed by atoms with E-state index in [1.165, 1.54) is 37.7 Å². The van der Waals surface area contributed by atoms with Gasteiger partial charge in [-0.3, -0.25) is 0 Å². The van der Waals surface area contributed by atoms with Crippen molar-refractivity contribution in [2.45, 2.75) is 51.9 Å². The second kappa shape index (κ2) is 9.53. The topological polar surface area (TPSA) is 25.8 Å². The van der Waals surface area contributed by atoms with Crippen molar-refractivity contribution in [1.29, 1.82) is 0 Å². The van der Waals surface area contributed by atoms with Gasteiger partial charge in [0.25, 0.3) is 0 Å². The summed E-state index contributed by atoms with van der Waals surface area (Å²) in [6, 6.07) is 5.49. The van der Waals surface area contributed by atoms with Crippen molar-refractivity contribution in [2.75, 3.05) is 0 Å². The molecule has 0 unspecified atom stereocenters. The van der Waals surface area contributed by atoms with E-state index in [1.807, 2.05) is 24.5 Å². The molecule has 0 radical (unpaired) electrons. The van der Waals surface area contributed by atoms with Gasteiger partial charge in [-0.2, -0.15) is 0 Å². The molecule has 3 rings (SSSR count). The molecule has 138 valence electrons. The summed E-state index contributed by atoms with van der Waals surface area (Å²) in [7, 11) is 0. The molecule has 2 nitrogen and oxygen atoms in total. The van der Waals surface area contributed by atoms with E-state index in [2.05, 4.69) is 29.0 Å². The van der Waals surface area contributed by atoms with Gasteiger partial charge in [-0.1, -0.05) is 42.3 Å². The number of benzene rings is 1. The largest absolute Gasteiger partial charge is 0.236 e. The van der Waals surface area contributed by atoms with Crippen molar-refractivity contribution < 1.29 is 0 Å². The molecule has 1 fully saturated rings. The van der Waals surface area contributed by atoms with E-state index >= 15 is 0 Å². The van der Waals surface area contributed by atoms with Crippen LogP contribution in [0.25, 0.3) is 11.4 Å². The highest BCUT2D eigenvalue weighted by Crippen LogP contribution is 2.32. The standard InChI is InChI=1S/C22H26Cl2N2/c1-2-3-4-16-5-7-17(8-6-16)9-10-18-14-25-22(26-15-18)19-11-12-20(23)21(24)13-19/h3-4,11-17H,2,5-10H2,1H3/b4-3+. The molecule has 26 heavy (non-hydrogen) atoms. The molecular weight excluding hydrogens is 363 g/mol. The van der Waals surface area contributed by atoms with E-state index in [1.54, 1.807) is 6.07 Å². The van der Waals surface area contributed by atoms with Crippen molar-refractivity contribution in [2.24, 2.45) is 11.8 Å². The van der Waals surface area contributed by atoms with E-state index < -0.39 is 0 Å². The summed E-state index contributed by atoms with van der Waals surface area (Å²) in [5.74, 6) is 2.34. The Kier molecular flexibility index (Phi) is 7.10. The maximum atomic E-state index is 6.08. The van der Waals surface area contributed by atoms with Gasteiger partial charge in [-0.25, -0.2) is 9.97 Å². The van der Waals surface area contributed by atoms with E-state index in [9.17, 15) is 0 Å². The molecule has 0 saturated heterocycles. The van der Waals surface area contributed by atoms with Crippen LogP contribution in [-0.2, 0) is 6.42 Å². The Bertz CT molecular complexity index is 732. The lowest BCUT2D eigenvalue weighted by molar-refractivity contribution is 0.296. The molecule has 1 aromatic heterocycles. The molecule has 4 heteroatoms. The summed E-state index contributed by atoms with van der Waals surface area (Å²) >= 11 is 12.0. The number of halogens is 2. The Morgan fingerprint density at radius 3 is 2.42 bits per heavy atom. The SMILES string of the molecule is CC/C=C/C1CCC(CCc2cnc(-c3ccc(Cl)c(Cl)c3)nc2)CC1. The zero-order chi connectivity index (χ0) is 18.4. The first-order valence-corrected chi connectivity index (χ1v) is 10.3. The van der Waals surface area contributed by atoms with Gasteiger partial charge < -0.3 is 0 Å². The molecule has 2 aromatic rings. The Hall–Kier alpha value is -1.38. The van der Waals surface area contributed by atoms with Crippen LogP contribution in [0.1, 0.15) is 51.0 Å². The highest BCUT2D eigenvalue weighted by molar-refractivity contribution is 6.42. The highest BCUT2D eigenvalue weighted by Gasteiger charge is 2.19. The summed E-state index contributed by atoms with van der Waals surface area (Å²) in [6.07, 6.45) is 17.5. The first kappa shape index (κ1) is 19.4. The Morgan fingerprint density at radius 1 is 1.04 bits per heavy atom. The molecule has 0 amide bonds. The van der Waals surface area contributed by atoms with E-state index in [0.29, 0.717) is 15.9 Å². The Labute approximate surface area is 166 Å². The van der Waals surface area contributed by atoms with Gasteiger partial charge in [0.05, 0.1) is 10.0 Å². The van der Waals surface area contributed by atoms with Gasteiger partial charge >= 0.3 is 0 Å². The minimum Gasteiger partial charge on any atom is -0.236 e. The number of hydrogen-bond donors (Lipinski definition) is 0. The number of hydrogen-bond acceptors (Lipinski definition) is 2. The van der Waals surface area contributed by atoms with Crippen LogP contribution < -0.4 is 0 Å². The van der Waals surface area contributed by atoms with E-state index in [4.69, 9.17) is 23.2 Å². The number of nitrogens with zero attached hydrogens (tertiary/aromatic N) is 2. The molecule has 0 spiro atoms. The van der Waals surface area contributed by atoms with Crippen LogP contribution in [0.3, 0.4) is 0 Å². The summed E-state index contributed by atoms with van der Waals surface area (Å²) in [6.45, 7) is 2.21. The summed E-state index contributed by atoms with van der Waals surface area (Å²) in [4.78, 5) is 9.01.